The van der Waals surface area contributed by atoms with E-state index >= 15 is 0 Å². The molecule has 9 nitrogen and oxygen atoms in total. The molecule has 372 valence electrons. The van der Waals surface area contributed by atoms with Crippen LogP contribution in [0.5, 0.6) is 0 Å². The second-order valence-corrected chi connectivity index (χ2v) is 25.6. The normalized spacial score (nSPS) is 20.8. The van der Waals surface area contributed by atoms with Crippen LogP contribution < -0.4 is 0 Å². The van der Waals surface area contributed by atoms with Crippen molar-refractivity contribution in [3.05, 3.63) is 0 Å². The lowest BCUT2D eigenvalue weighted by Gasteiger charge is -2.75. The summed E-state index contributed by atoms with van der Waals surface area (Å²) in [6.07, 6.45) is 0. The van der Waals surface area contributed by atoms with Gasteiger partial charge in [-0.1, -0.05) is 208 Å². The summed E-state index contributed by atoms with van der Waals surface area (Å²) < 4.78 is 52.0. The van der Waals surface area contributed by atoms with Crippen molar-refractivity contribution in [3.63, 3.8) is 0 Å². The van der Waals surface area contributed by atoms with E-state index in [9.17, 15) is 10.2 Å². The molecule has 0 atom stereocenters. The highest BCUT2D eigenvalue weighted by Gasteiger charge is 2.73. The van der Waals surface area contributed by atoms with Crippen LogP contribution in [0.15, 0.2) is 0 Å². The minimum absolute atomic E-state index is 0.00584. The Morgan fingerprint density at radius 3 is 0.810 bits per heavy atom. The van der Waals surface area contributed by atoms with E-state index in [1.165, 1.54) is 0 Å². The maximum Gasteiger partial charge on any atom is 0.586 e. The third-order valence-electron chi connectivity index (χ3n) is 18.3. The maximum absolute atomic E-state index is 13.0. The lowest BCUT2D eigenvalue weighted by Crippen LogP contribution is -2.82. The average molecular weight is 894 g/mol. The van der Waals surface area contributed by atoms with Gasteiger partial charge in [-0.15, -0.1) is 0 Å². The van der Waals surface area contributed by atoms with Gasteiger partial charge < -0.3 is 42.5 Å². The Labute approximate surface area is 391 Å². The van der Waals surface area contributed by atoms with Crippen molar-refractivity contribution >= 4 is 21.6 Å². The summed E-state index contributed by atoms with van der Waals surface area (Å²) in [7, 11) is -2.86. The van der Waals surface area contributed by atoms with Gasteiger partial charge in [-0.2, -0.15) is 0 Å². The van der Waals surface area contributed by atoms with Crippen molar-refractivity contribution in [2.24, 2.45) is 87.3 Å². The Morgan fingerprint density at radius 1 is 0.413 bits per heavy atom. The highest BCUT2D eigenvalue weighted by Crippen LogP contribution is 2.64. The maximum atomic E-state index is 13.0. The van der Waals surface area contributed by atoms with Crippen molar-refractivity contribution in [1.29, 1.82) is 0 Å². The third-order valence-corrected chi connectivity index (χ3v) is 18.3. The first-order valence-electron chi connectivity index (χ1n) is 25.4. The first-order valence-corrected chi connectivity index (χ1v) is 25.4. The Morgan fingerprint density at radius 2 is 0.635 bits per heavy atom. The van der Waals surface area contributed by atoms with Gasteiger partial charge in [0.05, 0.1) is 22.4 Å². The third kappa shape index (κ3) is 8.45. The summed E-state index contributed by atoms with van der Waals surface area (Å²) in [6, 6.07) is 0. The Balaban J connectivity index is 3.32. The molecule has 0 bridgehead atoms. The Hall–Kier alpha value is -0.165. The second-order valence-electron chi connectivity index (χ2n) is 25.6. The van der Waals surface area contributed by atoms with E-state index in [4.69, 9.17) is 32.3 Å². The molecule has 63 heavy (non-hydrogen) atoms. The van der Waals surface area contributed by atoms with Crippen molar-refractivity contribution in [2.75, 3.05) is 0 Å². The smallest absolute Gasteiger partial charge is 0.537 e. The van der Waals surface area contributed by atoms with Gasteiger partial charge in [0.25, 0.3) is 0 Å². The van der Waals surface area contributed by atoms with Gasteiger partial charge in [0, 0.05) is 27.4 Å². The molecule has 2 aliphatic heterocycles. The fourth-order valence-corrected chi connectivity index (χ4v) is 16.8. The van der Waals surface area contributed by atoms with Gasteiger partial charge in [0.15, 0.2) is 0 Å². The first kappa shape index (κ1) is 59.0. The van der Waals surface area contributed by atoms with E-state index in [1.54, 1.807) is 0 Å². The van der Waals surface area contributed by atoms with E-state index in [2.05, 4.69) is 208 Å². The van der Waals surface area contributed by atoms with E-state index in [-0.39, 0.29) is 71.0 Å². The highest BCUT2D eigenvalue weighted by molar-refractivity contribution is 6.74. The van der Waals surface area contributed by atoms with Crippen molar-refractivity contribution in [2.45, 2.75) is 241 Å². The molecular formula is C51H104B3O9-. The minimum atomic E-state index is -3.20. The first-order chi connectivity index (χ1) is 28.1. The fraction of sp³-hybridized carbons (Fsp3) is 1.00. The lowest BCUT2D eigenvalue weighted by atomic mass is 9.48. The van der Waals surface area contributed by atoms with Crippen LogP contribution >= 0.6 is 0 Å². The highest BCUT2D eigenvalue weighted by atomic mass is 17.0. The molecule has 12 heteroatoms. The molecule has 0 aromatic heterocycles. The Kier molecular flexibility index (Phi) is 18.1. The monoisotopic (exact) mass is 894 g/mol. The van der Waals surface area contributed by atoms with Gasteiger partial charge in [-0.25, -0.2) is 0 Å². The number of hydrogen-bond donors (Lipinski definition) is 2. The molecular weight excluding hydrogens is 789 g/mol. The largest absolute Gasteiger partial charge is 0.586 e. The SMILES string of the molecule is CC(C)C(O)(C(C)C)C(C)(C)C(OB1OB(OC(C(C)C)(C(C)C)C(C)(C)C(O)(C(C)C)C(C)C)O[B-]2(O1)OC(C(C)C)(C(C)C)C(C)(C)C(C(C)C)(C(C)C)O2)(C(C)C)C(C)C. The summed E-state index contributed by atoms with van der Waals surface area (Å²) >= 11 is 0. The van der Waals surface area contributed by atoms with Gasteiger partial charge in [-0.05, 0) is 71.0 Å². The van der Waals surface area contributed by atoms with Crippen LogP contribution in [0.25, 0.3) is 0 Å². The number of hydrogen-bond acceptors (Lipinski definition) is 9. The number of rotatable bonds is 20. The molecule has 2 N–H and O–H groups in total. The van der Waals surface area contributed by atoms with Crippen LogP contribution in [-0.2, 0) is 32.3 Å². The fourth-order valence-electron chi connectivity index (χ4n) is 16.8. The molecule has 0 aliphatic carbocycles. The molecule has 2 aliphatic rings. The summed E-state index contributed by atoms with van der Waals surface area (Å²) in [4.78, 5) is 0. The molecule has 0 amide bonds. The van der Waals surface area contributed by atoms with Crippen molar-refractivity contribution < 1.29 is 42.5 Å². The standard InChI is InChI=1S/C51H104B3O9/c1-31(2)46(55,32(3)4)43(25,26)48(35(9)10,36(11)12)57-52-61-53(58-49(37(13)14,38(15)16)44(27,28)47(56,33(5)6)34(7)8)63-54(62-52)59-50(39(17)18,40(19)20)45(29,30)51(60-54,41(21)22)42(23)24/h31-42,55-56H,1-30H3/q-1. The Bertz CT molecular complexity index is 1330. The van der Waals surface area contributed by atoms with Gasteiger partial charge >= 0.3 is 21.6 Å². The van der Waals surface area contributed by atoms with Crippen molar-refractivity contribution in [1.82, 2.24) is 0 Å². The zero-order valence-corrected chi connectivity index (χ0v) is 46.9. The van der Waals surface area contributed by atoms with Crippen LogP contribution in [-0.4, -0.2) is 65.4 Å². The molecule has 0 radical (unpaired) electrons. The molecule has 2 heterocycles. The van der Waals surface area contributed by atoms with Crippen LogP contribution in [0.1, 0.15) is 208 Å². The van der Waals surface area contributed by atoms with Crippen LogP contribution in [0.4, 0.5) is 0 Å². The zero-order valence-electron chi connectivity index (χ0n) is 46.9. The van der Waals surface area contributed by atoms with Gasteiger partial charge in [-0.3, -0.25) is 0 Å². The molecule has 0 aromatic rings. The summed E-state index contributed by atoms with van der Waals surface area (Å²) in [5.41, 5.74) is -8.40. The molecule has 1 spiro atoms. The van der Waals surface area contributed by atoms with E-state index in [1.807, 2.05) is 0 Å². The molecule has 2 saturated heterocycles. The van der Waals surface area contributed by atoms with E-state index in [0.29, 0.717) is 0 Å². The topological polar surface area (TPSA) is 105 Å². The summed E-state index contributed by atoms with van der Waals surface area (Å²) in [5.74, 6) is -0.993. The molecule has 0 saturated carbocycles. The molecule has 2 fully saturated rings. The van der Waals surface area contributed by atoms with Crippen LogP contribution in [0, 0.1) is 87.3 Å². The molecule has 2 rings (SSSR count). The van der Waals surface area contributed by atoms with E-state index in [0.717, 1.165) is 0 Å². The molecule has 0 unspecified atom stereocenters. The summed E-state index contributed by atoms with van der Waals surface area (Å²) in [6.45, 7) is 61.6. The lowest BCUT2D eigenvalue weighted by molar-refractivity contribution is -0.314. The van der Waals surface area contributed by atoms with E-state index < -0.39 is 71.5 Å². The van der Waals surface area contributed by atoms with Gasteiger partial charge in [0.1, 0.15) is 0 Å². The van der Waals surface area contributed by atoms with Crippen LogP contribution in [0.3, 0.4) is 0 Å². The van der Waals surface area contributed by atoms with Gasteiger partial charge in [0.2, 0.25) is 0 Å². The second kappa shape index (κ2) is 19.3. The van der Waals surface area contributed by atoms with Crippen LogP contribution in [0.2, 0.25) is 0 Å². The minimum Gasteiger partial charge on any atom is -0.537 e. The number of aliphatic hydroxyl groups is 2. The zero-order chi connectivity index (χ0) is 50.0. The van der Waals surface area contributed by atoms with Crippen molar-refractivity contribution in [3.8, 4) is 0 Å². The molecule has 0 aromatic carbocycles. The average Bonchev–Trinajstić information content (AvgIpc) is 3.10. The summed E-state index contributed by atoms with van der Waals surface area (Å²) in [5, 5.41) is 26.1. The predicted octanol–water partition coefficient (Wildman–Crippen LogP) is 12.9. The predicted molar refractivity (Wildman–Crippen MR) is 265 cm³/mol. The quantitative estimate of drug-likeness (QED) is 0.116.